The number of hydrogen-bond acceptors (Lipinski definition) is 12. The smallest absolute Gasteiger partial charge is 0.408 e. The molecule has 16 heteroatoms. The average Bonchev–Trinajstić information content (AvgIpc) is 3.63. The lowest BCUT2D eigenvalue weighted by Gasteiger charge is -2.26. The fraction of sp³-hybridized carbons (Fsp3) is 0.576. The summed E-state index contributed by atoms with van der Waals surface area (Å²) in [5, 5.41) is 5.41. The van der Waals surface area contributed by atoms with Crippen molar-refractivity contribution in [2.24, 2.45) is 16.8 Å². The van der Waals surface area contributed by atoms with Gasteiger partial charge in [0.05, 0.1) is 39.9 Å². The number of nitrogens with zero attached hydrogens (tertiary/aromatic N) is 4. The standard InChI is InChI=1S/C33H41F3N6O6S/c1-16(2)23(41-30(44)48-31(4,5)6)28(43)45-14-18-13-20(25-24(18)46-32(7,8)47-25)39-26-22(27-40-19-11-9-10-12-21(19)49-27)17(3)38-29(42-26)37-15-33(34,35)36/h9-12,16,18,23-25H,13-15H2,1-8H3,(H,41,44)(H,37,38,42)/t18-,23+,24-,25+/m1/s1. The zero-order valence-electron chi connectivity index (χ0n) is 28.6. The van der Waals surface area contributed by atoms with Gasteiger partial charge in [0.2, 0.25) is 5.95 Å². The Bertz CT molecular complexity index is 1700. The van der Waals surface area contributed by atoms with Crippen LogP contribution in [0, 0.1) is 18.8 Å². The highest BCUT2D eigenvalue weighted by Gasteiger charge is 2.53. The van der Waals surface area contributed by atoms with E-state index in [9.17, 15) is 22.8 Å². The molecule has 2 aliphatic rings. The SMILES string of the molecule is Cc1nc(NCC(F)(F)F)nc(N=C2C[C@H](COC(=O)[C@@H](NC(=O)OC(C)(C)C)C(C)C)[C@H]3OC(C)(C)O[C@@H]23)c1-c1nc2ccccc2s1. The van der Waals surface area contributed by atoms with Crippen LogP contribution >= 0.6 is 11.3 Å². The summed E-state index contributed by atoms with van der Waals surface area (Å²) < 4.78 is 63.7. The molecule has 2 aromatic heterocycles. The quantitative estimate of drug-likeness (QED) is 0.230. The van der Waals surface area contributed by atoms with E-state index in [1.54, 1.807) is 55.4 Å². The van der Waals surface area contributed by atoms with Crippen molar-refractivity contribution in [1.82, 2.24) is 20.3 Å². The van der Waals surface area contributed by atoms with Gasteiger partial charge in [-0.05, 0) is 66.0 Å². The highest BCUT2D eigenvalue weighted by Crippen LogP contribution is 2.43. The lowest BCUT2D eigenvalue weighted by Crippen LogP contribution is -2.47. The van der Waals surface area contributed by atoms with Gasteiger partial charge in [-0.15, -0.1) is 11.3 Å². The molecule has 0 spiro atoms. The number of benzene rings is 1. The number of fused-ring (bicyclic) bond motifs is 2. The number of hydrogen-bond donors (Lipinski definition) is 2. The van der Waals surface area contributed by atoms with Gasteiger partial charge < -0.3 is 29.6 Å². The summed E-state index contributed by atoms with van der Waals surface area (Å²) in [4.78, 5) is 44.0. The lowest BCUT2D eigenvalue weighted by atomic mass is 10.0. The number of aryl methyl sites for hydroxylation is 1. The minimum Gasteiger partial charge on any atom is -0.464 e. The third-order valence-corrected chi connectivity index (χ3v) is 8.75. The molecule has 1 aromatic carbocycles. The van der Waals surface area contributed by atoms with E-state index in [0.29, 0.717) is 22.0 Å². The third-order valence-electron chi connectivity index (χ3n) is 7.70. The second-order valence-corrected chi connectivity index (χ2v) is 14.9. The largest absolute Gasteiger partial charge is 0.464 e. The van der Waals surface area contributed by atoms with Crippen LogP contribution in [0.4, 0.5) is 29.7 Å². The molecular weight excluding hydrogens is 665 g/mol. The summed E-state index contributed by atoms with van der Waals surface area (Å²) in [5.74, 6) is -2.42. The number of anilines is 1. The number of alkyl carbamates (subject to hydrolysis) is 1. The molecule has 0 radical (unpaired) electrons. The molecule has 1 aliphatic carbocycles. The number of aliphatic imine (C=N–C) groups is 1. The van der Waals surface area contributed by atoms with Gasteiger partial charge in [-0.3, -0.25) is 0 Å². The Hall–Kier alpha value is -3.89. The van der Waals surface area contributed by atoms with E-state index in [1.165, 1.54) is 11.3 Å². The summed E-state index contributed by atoms with van der Waals surface area (Å²) in [5.41, 5.74) is 1.38. The van der Waals surface area contributed by atoms with Crippen molar-refractivity contribution >= 4 is 51.1 Å². The molecule has 3 heterocycles. The molecule has 2 N–H and O–H groups in total. The minimum absolute atomic E-state index is 0.0659. The van der Waals surface area contributed by atoms with Crippen LogP contribution in [-0.2, 0) is 23.7 Å². The molecule has 0 bridgehead atoms. The molecule has 266 valence electrons. The number of nitrogens with one attached hydrogen (secondary N) is 2. The van der Waals surface area contributed by atoms with Gasteiger partial charge in [-0.25, -0.2) is 24.5 Å². The van der Waals surface area contributed by atoms with Gasteiger partial charge >= 0.3 is 18.2 Å². The van der Waals surface area contributed by atoms with Crippen molar-refractivity contribution in [1.29, 1.82) is 0 Å². The van der Waals surface area contributed by atoms with E-state index in [1.807, 2.05) is 24.3 Å². The molecule has 3 aromatic rings. The van der Waals surface area contributed by atoms with Crippen molar-refractivity contribution in [3.05, 3.63) is 30.0 Å². The Morgan fingerprint density at radius 2 is 1.84 bits per heavy atom. The zero-order valence-corrected chi connectivity index (χ0v) is 29.4. The second kappa shape index (κ2) is 13.8. The van der Waals surface area contributed by atoms with Crippen LogP contribution in [0.5, 0.6) is 0 Å². The molecule has 4 atom stereocenters. The fourth-order valence-electron chi connectivity index (χ4n) is 5.63. The summed E-state index contributed by atoms with van der Waals surface area (Å²) in [6, 6.07) is 6.58. The first kappa shape index (κ1) is 36.4. The summed E-state index contributed by atoms with van der Waals surface area (Å²) in [6.07, 6.45) is -6.14. The number of amides is 1. The predicted octanol–water partition coefficient (Wildman–Crippen LogP) is 6.74. The van der Waals surface area contributed by atoms with Gasteiger partial charge in [0.25, 0.3) is 0 Å². The first-order chi connectivity index (χ1) is 22.8. The second-order valence-electron chi connectivity index (χ2n) is 13.9. The van der Waals surface area contributed by atoms with E-state index < -0.39 is 54.4 Å². The van der Waals surface area contributed by atoms with Crippen molar-refractivity contribution in [3.63, 3.8) is 0 Å². The highest BCUT2D eigenvalue weighted by molar-refractivity contribution is 7.21. The maximum Gasteiger partial charge on any atom is 0.408 e. The average molecular weight is 707 g/mol. The maximum atomic E-state index is 13.2. The molecule has 5 rings (SSSR count). The number of aromatic nitrogens is 3. The first-order valence-electron chi connectivity index (χ1n) is 15.9. The van der Waals surface area contributed by atoms with E-state index in [-0.39, 0.29) is 36.6 Å². The van der Waals surface area contributed by atoms with E-state index in [4.69, 9.17) is 28.9 Å². The maximum absolute atomic E-state index is 13.2. The van der Waals surface area contributed by atoms with Gasteiger partial charge in [-0.2, -0.15) is 18.2 Å². The summed E-state index contributed by atoms with van der Waals surface area (Å²) in [6.45, 7) is 12.5. The molecule has 1 aliphatic heterocycles. The molecule has 1 saturated carbocycles. The van der Waals surface area contributed by atoms with E-state index in [2.05, 4.69) is 20.6 Å². The lowest BCUT2D eigenvalue weighted by molar-refractivity contribution is -0.158. The number of carbonyl (C=O) groups excluding carboxylic acids is 2. The predicted molar refractivity (Wildman–Crippen MR) is 178 cm³/mol. The third kappa shape index (κ3) is 9.02. The van der Waals surface area contributed by atoms with Crippen LogP contribution in [0.3, 0.4) is 0 Å². The van der Waals surface area contributed by atoms with Crippen molar-refractivity contribution in [2.45, 2.75) is 97.6 Å². The van der Waals surface area contributed by atoms with Gasteiger partial charge in [-0.1, -0.05) is 26.0 Å². The molecule has 12 nitrogen and oxygen atoms in total. The topological polar surface area (TPSA) is 146 Å². The van der Waals surface area contributed by atoms with E-state index >= 15 is 0 Å². The Morgan fingerprint density at radius 3 is 2.49 bits per heavy atom. The number of carbonyl (C=O) groups is 2. The van der Waals surface area contributed by atoms with Crippen LogP contribution in [0.1, 0.15) is 60.6 Å². The van der Waals surface area contributed by atoms with Crippen LogP contribution < -0.4 is 10.6 Å². The minimum atomic E-state index is -4.49. The number of esters is 1. The number of para-hydroxylation sites is 1. The molecule has 49 heavy (non-hydrogen) atoms. The Morgan fingerprint density at radius 1 is 1.12 bits per heavy atom. The monoisotopic (exact) mass is 706 g/mol. The summed E-state index contributed by atoms with van der Waals surface area (Å²) >= 11 is 1.39. The number of ether oxygens (including phenoxy) is 4. The highest BCUT2D eigenvalue weighted by atomic mass is 32.1. The van der Waals surface area contributed by atoms with Crippen molar-refractivity contribution in [2.75, 3.05) is 18.5 Å². The van der Waals surface area contributed by atoms with Gasteiger partial charge in [0.15, 0.2) is 11.6 Å². The number of thiazole rings is 1. The molecule has 2 fully saturated rings. The van der Waals surface area contributed by atoms with Crippen LogP contribution in [-0.4, -0.2) is 81.7 Å². The van der Waals surface area contributed by atoms with Crippen LogP contribution in [0.15, 0.2) is 29.3 Å². The van der Waals surface area contributed by atoms with Gasteiger partial charge in [0, 0.05) is 5.92 Å². The number of rotatable bonds is 9. The van der Waals surface area contributed by atoms with Crippen LogP contribution in [0.2, 0.25) is 0 Å². The normalized spacial score (nSPS) is 22.0. The van der Waals surface area contributed by atoms with Crippen molar-refractivity contribution in [3.8, 4) is 10.6 Å². The Labute approximate surface area is 286 Å². The van der Waals surface area contributed by atoms with Crippen LogP contribution in [0.25, 0.3) is 20.8 Å². The molecule has 1 amide bonds. The zero-order chi connectivity index (χ0) is 35.9. The Balaban J connectivity index is 1.45. The molecular formula is C33H41F3N6O6S. The fourth-order valence-corrected chi connectivity index (χ4v) is 6.69. The van der Waals surface area contributed by atoms with E-state index in [0.717, 1.165) is 10.2 Å². The molecule has 0 unspecified atom stereocenters. The Kier molecular flexibility index (Phi) is 10.2. The number of halogens is 3. The first-order valence-corrected chi connectivity index (χ1v) is 16.7. The summed E-state index contributed by atoms with van der Waals surface area (Å²) in [7, 11) is 0. The van der Waals surface area contributed by atoms with Gasteiger partial charge in [0.1, 0.15) is 29.3 Å². The molecule has 1 saturated heterocycles. The van der Waals surface area contributed by atoms with Crippen molar-refractivity contribution < 1.29 is 41.7 Å². The number of alkyl halides is 3.